The Labute approximate surface area is 154 Å². The molecule has 0 radical (unpaired) electrons. The molecule has 3 N–H and O–H groups in total. The fraction of sp³-hybridized carbons (Fsp3) is 0.278. The van der Waals surface area contributed by atoms with Crippen molar-refractivity contribution >= 4 is 28.6 Å². The molecule has 0 spiro atoms. The fourth-order valence-corrected chi connectivity index (χ4v) is 3.31. The van der Waals surface area contributed by atoms with Crippen LogP contribution in [-0.4, -0.2) is 20.7 Å². The molecule has 3 aromatic rings. The average Bonchev–Trinajstić information content (AvgIpc) is 3.15. The Morgan fingerprint density at radius 2 is 2.00 bits per heavy atom. The summed E-state index contributed by atoms with van der Waals surface area (Å²) >= 11 is 6.09. The summed E-state index contributed by atoms with van der Waals surface area (Å²) in [6.45, 7) is 0. The van der Waals surface area contributed by atoms with Crippen LogP contribution in [0.25, 0.3) is 11.0 Å². The zero-order chi connectivity index (χ0) is 18.1. The van der Waals surface area contributed by atoms with Gasteiger partial charge in [0.1, 0.15) is 5.75 Å². The monoisotopic (exact) mass is 371 g/mol. The number of nitrogens with two attached hydrogens (primary N) is 1. The molecule has 1 aliphatic carbocycles. The van der Waals surface area contributed by atoms with E-state index in [0.29, 0.717) is 33.8 Å². The highest BCUT2D eigenvalue weighted by Gasteiger charge is 2.17. The van der Waals surface area contributed by atoms with Crippen LogP contribution in [0.5, 0.6) is 11.5 Å². The maximum absolute atomic E-state index is 12.5. The number of nitrogens with zero attached hydrogens (tertiary/aromatic N) is 3. The van der Waals surface area contributed by atoms with Crippen molar-refractivity contribution in [2.45, 2.75) is 31.7 Å². The SMILES string of the molecule is Nn1c(=O)c(Oc2ccccc2Cl)cc2cnc(NC3CCCC3)nc21. The summed E-state index contributed by atoms with van der Waals surface area (Å²) in [5, 5.41) is 4.31. The molecule has 0 bridgehead atoms. The third kappa shape index (κ3) is 3.17. The van der Waals surface area contributed by atoms with Gasteiger partial charge in [0.2, 0.25) is 5.95 Å². The van der Waals surface area contributed by atoms with Gasteiger partial charge in [-0.1, -0.05) is 36.6 Å². The van der Waals surface area contributed by atoms with E-state index in [-0.39, 0.29) is 5.75 Å². The number of pyridine rings is 1. The van der Waals surface area contributed by atoms with E-state index >= 15 is 0 Å². The number of para-hydroxylation sites is 1. The van der Waals surface area contributed by atoms with Gasteiger partial charge in [0.25, 0.3) is 0 Å². The first-order chi connectivity index (χ1) is 12.6. The summed E-state index contributed by atoms with van der Waals surface area (Å²) in [5.74, 6) is 6.88. The molecular formula is C18H18ClN5O2. The smallest absolute Gasteiger partial charge is 0.313 e. The van der Waals surface area contributed by atoms with Crippen LogP contribution in [-0.2, 0) is 0 Å². The molecule has 7 nitrogen and oxygen atoms in total. The number of aromatic nitrogens is 3. The van der Waals surface area contributed by atoms with E-state index in [2.05, 4.69) is 15.3 Å². The van der Waals surface area contributed by atoms with Gasteiger partial charge in [0, 0.05) is 17.6 Å². The minimum Gasteiger partial charge on any atom is -0.450 e. The second kappa shape index (κ2) is 6.84. The average molecular weight is 372 g/mol. The number of rotatable bonds is 4. The number of anilines is 1. The lowest BCUT2D eigenvalue weighted by Crippen LogP contribution is -2.29. The molecule has 0 atom stereocenters. The van der Waals surface area contributed by atoms with E-state index < -0.39 is 5.56 Å². The number of fused-ring (bicyclic) bond motifs is 1. The fourth-order valence-electron chi connectivity index (χ4n) is 3.14. The van der Waals surface area contributed by atoms with Crippen molar-refractivity contribution in [2.24, 2.45) is 0 Å². The summed E-state index contributed by atoms with van der Waals surface area (Å²) in [6.07, 6.45) is 6.23. The maximum Gasteiger partial charge on any atom is 0.313 e. The molecule has 8 heteroatoms. The van der Waals surface area contributed by atoms with Gasteiger partial charge in [-0.15, -0.1) is 0 Å². The Hall–Kier alpha value is -2.80. The molecule has 2 heterocycles. The molecule has 0 unspecified atom stereocenters. The lowest BCUT2D eigenvalue weighted by Gasteiger charge is -2.13. The highest BCUT2D eigenvalue weighted by atomic mass is 35.5. The van der Waals surface area contributed by atoms with Crippen molar-refractivity contribution in [1.29, 1.82) is 0 Å². The van der Waals surface area contributed by atoms with Gasteiger partial charge in [0.05, 0.1) is 5.02 Å². The van der Waals surface area contributed by atoms with E-state index in [9.17, 15) is 4.79 Å². The molecule has 1 aromatic carbocycles. The number of hydrogen-bond donors (Lipinski definition) is 2. The van der Waals surface area contributed by atoms with Crippen LogP contribution in [0.3, 0.4) is 0 Å². The number of hydrogen-bond acceptors (Lipinski definition) is 6. The van der Waals surface area contributed by atoms with Crippen LogP contribution in [0.2, 0.25) is 5.02 Å². The highest BCUT2D eigenvalue weighted by Crippen LogP contribution is 2.28. The predicted molar refractivity (Wildman–Crippen MR) is 101 cm³/mol. The largest absolute Gasteiger partial charge is 0.450 e. The minimum atomic E-state index is -0.497. The first-order valence-electron chi connectivity index (χ1n) is 8.48. The lowest BCUT2D eigenvalue weighted by molar-refractivity contribution is 0.473. The summed E-state index contributed by atoms with van der Waals surface area (Å²) in [4.78, 5) is 21.3. The van der Waals surface area contributed by atoms with E-state index in [0.717, 1.165) is 17.5 Å². The predicted octanol–water partition coefficient (Wildman–Crippen LogP) is 3.31. The van der Waals surface area contributed by atoms with E-state index in [1.165, 1.54) is 12.8 Å². The Morgan fingerprint density at radius 3 is 2.77 bits per heavy atom. The van der Waals surface area contributed by atoms with Crippen molar-refractivity contribution in [1.82, 2.24) is 14.6 Å². The lowest BCUT2D eigenvalue weighted by atomic mass is 10.2. The molecule has 1 aliphatic rings. The van der Waals surface area contributed by atoms with Gasteiger partial charge in [0.15, 0.2) is 11.4 Å². The first kappa shape index (κ1) is 16.7. The summed E-state index contributed by atoms with van der Waals surface area (Å²) < 4.78 is 6.63. The normalized spacial score (nSPS) is 14.7. The van der Waals surface area contributed by atoms with E-state index in [1.807, 2.05) is 0 Å². The van der Waals surface area contributed by atoms with Crippen molar-refractivity contribution in [3.63, 3.8) is 0 Å². The van der Waals surface area contributed by atoms with Crippen LogP contribution in [0.1, 0.15) is 25.7 Å². The van der Waals surface area contributed by atoms with Crippen LogP contribution >= 0.6 is 11.6 Å². The number of nitrogens with one attached hydrogen (secondary N) is 1. The van der Waals surface area contributed by atoms with Crippen molar-refractivity contribution in [2.75, 3.05) is 11.2 Å². The summed E-state index contributed by atoms with van der Waals surface area (Å²) in [6, 6.07) is 8.86. The molecule has 1 saturated carbocycles. The van der Waals surface area contributed by atoms with Crippen molar-refractivity contribution in [3.05, 3.63) is 51.9 Å². The topological polar surface area (TPSA) is 95.1 Å². The highest BCUT2D eigenvalue weighted by molar-refractivity contribution is 6.32. The summed E-state index contributed by atoms with van der Waals surface area (Å²) in [7, 11) is 0. The third-order valence-electron chi connectivity index (χ3n) is 4.49. The molecule has 0 aliphatic heterocycles. The third-order valence-corrected chi connectivity index (χ3v) is 4.80. The Kier molecular flexibility index (Phi) is 4.38. The summed E-state index contributed by atoms with van der Waals surface area (Å²) in [5.41, 5.74) is -0.153. The van der Waals surface area contributed by atoms with Crippen molar-refractivity contribution in [3.8, 4) is 11.5 Å². The molecule has 4 rings (SSSR count). The first-order valence-corrected chi connectivity index (χ1v) is 8.86. The van der Waals surface area contributed by atoms with E-state index in [4.69, 9.17) is 22.2 Å². The van der Waals surface area contributed by atoms with Gasteiger partial charge in [-0.25, -0.2) is 9.66 Å². The molecule has 1 fully saturated rings. The molecule has 26 heavy (non-hydrogen) atoms. The Morgan fingerprint density at radius 1 is 1.23 bits per heavy atom. The molecule has 2 aromatic heterocycles. The zero-order valence-electron chi connectivity index (χ0n) is 14.0. The van der Waals surface area contributed by atoms with Crippen LogP contribution < -0.4 is 21.5 Å². The van der Waals surface area contributed by atoms with Gasteiger partial charge >= 0.3 is 5.56 Å². The molecule has 0 amide bonds. The molecule has 134 valence electrons. The van der Waals surface area contributed by atoms with Gasteiger partial charge in [-0.2, -0.15) is 4.98 Å². The quantitative estimate of drug-likeness (QED) is 0.683. The number of nitrogen functional groups attached to an aromatic ring is 1. The van der Waals surface area contributed by atoms with Crippen LogP contribution in [0.4, 0.5) is 5.95 Å². The Bertz CT molecular complexity index is 1010. The maximum atomic E-state index is 12.5. The van der Waals surface area contributed by atoms with Crippen molar-refractivity contribution < 1.29 is 4.74 Å². The van der Waals surface area contributed by atoms with Gasteiger partial charge < -0.3 is 15.9 Å². The Balaban J connectivity index is 1.70. The van der Waals surface area contributed by atoms with E-state index in [1.54, 1.807) is 36.5 Å². The van der Waals surface area contributed by atoms with Gasteiger partial charge in [-0.3, -0.25) is 4.79 Å². The molecular weight excluding hydrogens is 354 g/mol. The van der Waals surface area contributed by atoms with Crippen LogP contribution in [0.15, 0.2) is 41.3 Å². The van der Waals surface area contributed by atoms with Crippen LogP contribution in [0, 0.1) is 0 Å². The number of ether oxygens (including phenoxy) is 1. The molecule has 0 saturated heterocycles. The second-order valence-corrected chi connectivity index (χ2v) is 6.72. The zero-order valence-corrected chi connectivity index (χ0v) is 14.7. The minimum absolute atomic E-state index is 0.0632. The standard InChI is InChI=1S/C18H18ClN5O2/c19-13-7-3-4-8-14(13)26-15-9-11-10-21-18(22-12-5-1-2-6-12)23-16(11)24(20)17(15)25/h3-4,7-10,12H,1-2,5-6,20H2,(H,21,22,23). The number of halogens is 1. The van der Waals surface area contributed by atoms with Gasteiger partial charge in [-0.05, 0) is 31.0 Å². The number of benzene rings is 1. The second-order valence-electron chi connectivity index (χ2n) is 6.31.